The van der Waals surface area contributed by atoms with Crippen LogP contribution in [0.25, 0.3) is 21.5 Å². The molecular formula is C19H18O2. The van der Waals surface area contributed by atoms with Crippen molar-refractivity contribution in [2.24, 2.45) is 5.41 Å². The fourth-order valence-corrected chi connectivity index (χ4v) is 2.36. The molecule has 0 unspecified atom stereocenters. The van der Waals surface area contributed by atoms with Crippen molar-refractivity contribution in [1.29, 1.82) is 0 Å². The van der Waals surface area contributed by atoms with Crippen LogP contribution in [0, 0.1) is 5.41 Å². The summed E-state index contributed by atoms with van der Waals surface area (Å²) in [7, 11) is 0. The molecule has 2 nitrogen and oxygen atoms in total. The Kier molecular flexibility index (Phi) is 3.17. The first-order chi connectivity index (χ1) is 9.97. The SMILES string of the molecule is CC(C)(C)C(=O)Oc1cc2ccccc2c2ccccc12. The Hall–Kier alpha value is -2.35. The summed E-state index contributed by atoms with van der Waals surface area (Å²) in [4.78, 5) is 12.2. The maximum atomic E-state index is 12.2. The van der Waals surface area contributed by atoms with Gasteiger partial charge in [0, 0.05) is 5.39 Å². The van der Waals surface area contributed by atoms with E-state index in [1.807, 2.05) is 63.2 Å². The van der Waals surface area contributed by atoms with E-state index in [0.29, 0.717) is 5.75 Å². The van der Waals surface area contributed by atoms with Crippen LogP contribution in [0.4, 0.5) is 0 Å². The summed E-state index contributed by atoms with van der Waals surface area (Å²) in [6.07, 6.45) is 0. The molecule has 0 heterocycles. The van der Waals surface area contributed by atoms with Crippen LogP contribution in [0.1, 0.15) is 20.8 Å². The monoisotopic (exact) mass is 278 g/mol. The van der Waals surface area contributed by atoms with Crippen molar-refractivity contribution in [3.05, 3.63) is 54.6 Å². The largest absolute Gasteiger partial charge is 0.425 e. The molecule has 0 radical (unpaired) electrons. The van der Waals surface area contributed by atoms with Crippen LogP contribution >= 0.6 is 0 Å². The number of fused-ring (bicyclic) bond motifs is 3. The smallest absolute Gasteiger partial charge is 0.316 e. The molecule has 0 bridgehead atoms. The van der Waals surface area contributed by atoms with Gasteiger partial charge in [0.1, 0.15) is 5.75 Å². The lowest BCUT2D eigenvalue weighted by molar-refractivity contribution is -0.142. The fourth-order valence-electron chi connectivity index (χ4n) is 2.36. The zero-order valence-electron chi connectivity index (χ0n) is 12.5. The van der Waals surface area contributed by atoms with Crippen molar-refractivity contribution in [1.82, 2.24) is 0 Å². The highest BCUT2D eigenvalue weighted by molar-refractivity contribution is 6.10. The molecule has 0 saturated heterocycles. The molecule has 0 saturated carbocycles. The van der Waals surface area contributed by atoms with E-state index in [2.05, 4.69) is 12.1 Å². The van der Waals surface area contributed by atoms with Crippen molar-refractivity contribution in [2.45, 2.75) is 20.8 Å². The van der Waals surface area contributed by atoms with Crippen LogP contribution in [0.2, 0.25) is 0 Å². The quantitative estimate of drug-likeness (QED) is 0.358. The van der Waals surface area contributed by atoms with Crippen LogP contribution in [0.15, 0.2) is 54.6 Å². The van der Waals surface area contributed by atoms with E-state index in [-0.39, 0.29) is 5.97 Å². The van der Waals surface area contributed by atoms with Crippen LogP contribution in [-0.4, -0.2) is 5.97 Å². The minimum Gasteiger partial charge on any atom is -0.425 e. The van der Waals surface area contributed by atoms with E-state index in [0.717, 1.165) is 16.2 Å². The second-order valence-electron chi connectivity index (χ2n) is 6.28. The Morgan fingerprint density at radius 3 is 2.10 bits per heavy atom. The lowest BCUT2D eigenvalue weighted by atomic mass is 9.97. The minimum absolute atomic E-state index is 0.220. The van der Waals surface area contributed by atoms with Crippen molar-refractivity contribution in [2.75, 3.05) is 0 Å². The van der Waals surface area contributed by atoms with Crippen molar-refractivity contribution >= 4 is 27.5 Å². The molecule has 0 amide bonds. The van der Waals surface area contributed by atoms with Gasteiger partial charge in [-0.15, -0.1) is 0 Å². The van der Waals surface area contributed by atoms with Gasteiger partial charge in [0.2, 0.25) is 0 Å². The molecule has 3 aromatic carbocycles. The first-order valence-corrected chi connectivity index (χ1v) is 7.09. The second-order valence-corrected chi connectivity index (χ2v) is 6.28. The Morgan fingerprint density at radius 2 is 1.43 bits per heavy atom. The van der Waals surface area contributed by atoms with Crippen molar-refractivity contribution in [3.8, 4) is 5.75 Å². The topological polar surface area (TPSA) is 26.3 Å². The maximum Gasteiger partial charge on any atom is 0.316 e. The molecule has 0 atom stereocenters. The van der Waals surface area contributed by atoms with Gasteiger partial charge in [-0.1, -0.05) is 48.5 Å². The number of carbonyl (C=O) groups excluding carboxylic acids is 1. The van der Waals surface area contributed by atoms with Gasteiger partial charge in [0.25, 0.3) is 0 Å². The number of rotatable bonds is 1. The third-order valence-electron chi connectivity index (χ3n) is 3.55. The highest BCUT2D eigenvalue weighted by atomic mass is 16.5. The van der Waals surface area contributed by atoms with Gasteiger partial charge in [0.05, 0.1) is 5.41 Å². The van der Waals surface area contributed by atoms with Crippen molar-refractivity contribution in [3.63, 3.8) is 0 Å². The van der Waals surface area contributed by atoms with Gasteiger partial charge in [-0.05, 0) is 43.0 Å². The Bertz CT molecular complexity index is 826. The number of hydrogen-bond donors (Lipinski definition) is 0. The van der Waals surface area contributed by atoms with Gasteiger partial charge in [-0.25, -0.2) is 0 Å². The summed E-state index contributed by atoms with van der Waals surface area (Å²) in [6, 6.07) is 18.1. The predicted molar refractivity (Wildman–Crippen MR) is 86.5 cm³/mol. The summed E-state index contributed by atoms with van der Waals surface area (Å²) in [6.45, 7) is 5.58. The van der Waals surface area contributed by atoms with Crippen LogP contribution < -0.4 is 4.74 Å². The summed E-state index contributed by atoms with van der Waals surface area (Å²) in [5.41, 5.74) is -0.521. The van der Waals surface area contributed by atoms with Gasteiger partial charge in [-0.2, -0.15) is 0 Å². The molecule has 3 aromatic rings. The van der Waals surface area contributed by atoms with E-state index < -0.39 is 5.41 Å². The zero-order valence-corrected chi connectivity index (χ0v) is 12.5. The normalized spacial score (nSPS) is 11.8. The Labute approximate surface area is 124 Å². The van der Waals surface area contributed by atoms with E-state index in [1.54, 1.807) is 0 Å². The highest BCUT2D eigenvalue weighted by Crippen LogP contribution is 2.34. The number of hydrogen-bond acceptors (Lipinski definition) is 2. The molecule has 0 aliphatic heterocycles. The van der Waals surface area contributed by atoms with Gasteiger partial charge >= 0.3 is 5.97 Å². The van der Waals surface area contributed by atoms with E-state index in [1.165, 1.54) is 5.39 Å². The number of benzene rings is 3. The van der Waals surface area contributed by atoms with Crippen LogP contribution in [0.3, 0.4) is 0 Å². The molecular weight excluding hydrogens is 260 g/mol. The molecule has 0 spiro atoms. The van der Waals surface area contributed by atoms with E-state index in [4.69, 9.17) is 4.74 Å². The third-order valence-corrected chi connectivity index (χ3v) is 3.55. The molecule has 3 rings (SSSR count). The molecule has 2 heteroatoms. The van der Waals surface area contributed by atoms with E-state index in [9.17, 15) is 4.79 Å². The summed E-state index contributed by atoms with van der Waals surface area (Å²) < 4.78 is 5.66. The second kappa shape index (κ2) is 4.88. The predicted octanol–water partition coefficient (Wildman–Crippen LogP) is 4.94. The third kappa shape index (κ3) is 2.49. The van der Waals surface area contributed by atoms with Gasteiger partial charge < -0.3 is 4.74 Å². The highest BCUT2D eigenvalue weighted by Gasteiger charge is 2.24. The maximum absolute atomic E-state index is 12.2. The molecule has 106 valence electrons. The summed E-state index contributed by atoms with van der Waals surface area (Å²) in [5, 5.41) is 4.32. The number of ether oxygens (including phenoxy) is 1. The van der Waals surface area contributed by atoms with Gasteiger partial charge in [0.15, 0.2) is 0 Å². The minimum atomic E-state index is -0.521. The van der Waals surface area contributed by atoms with Gasteiger partial charge in [-0.3, -0.25) is 4.79 Å². The molecule has 0 aliphatic carbocycles. The zero-order chi connectivity index (χ0) is 15.0. The first kappa shape index (κ1) is 13.6. The molecule has 0 aliphatic rings. The standard InChI is InChI=1S/C19H18O2/c1-19(2,3)18(20)21-17-12-13-8-4-5-9-14(13)15-10-6-7-11-16(15)17/h4-12H,1-3H3. The fraction of sp³-hybridized carbons (Fsp3) is 0.211. The average molecular weight is 278 g/mol. The Morgan fingerprint density at radius 1 is 0.857 bits per heavy atom. The summed E-state index contributed by atoms with van der Waals surface area (Å²) >= 11 is 0. The molecule has 0 N–H and O–H groups in total. The van der Waals surface area contributed by atoms with Crippen LogP contribution in [-0.2, 0) is 4.79 Å². The molecule has 0 fully saturated rings. The molecule has 21 heavy (non-hydrogen) atoms. The Balaban J connectivity index is 2.23. The number of carbonyl (C=O) groups is 1. The lowest BCUT2D eigenvalue weighted by Crippen LogP contribution is -2.25. The summed E-state index contributed by atoms with van der Waals surface area (Å²) in [5.74, 6) is 0.409. The lowest BCUT2D eigenvalue weighted by Gasteiger charge is -2.18. The van der Waals surface area contributed by atoms with Crippen LogP contribution in [0.5, 0.6) is 5.75 Å². The average Bonchev–Trinajstić information content (AvgIpc) is 2.46. The van der Waals surface area contributed by atoms with Crippen molar-refractivity contribution < 1.29 is 9.53 Å². The van der Waals surface area contributed by atoms with E-state index >= 15 is 0 Å². The number of esters is 1. The molecule has 0 aromatic heterocycles. The first-order valence-electron chi connectivity index (χ1n) is 7.09.